The third-order valence-electron chi connectivity index (χ3n) is 6.10. The molecule has 3 aromatic rings. The van der Waals surface area contributed by atoms with Crippen LogP contribution in [0.3, 0.4) is 0 Å². The molecule has 35 heavy (non-hydrogen) atoms. The third kappa shape index (κ3) is 5.40. The van der Waals surface area contributed by atoms with E-state index in [1.807, 2.05) is 50.3 Å². The monoisotopic (exact) mass is 474 g/mol. The Bertz CT molecular complexity index is 1360. The molecule has 0 bridgehead atoms. The van der Waals surface area contributed by atoms with Crippen LogP contribution >= 0.6 is 0 Å². The number of fused-ring (bicyclic) bond motifs is 1. The van der Waals surface area contributed by atoms with Crippen molar-refractivity contribution >= 4 is 34.2 Å². The van der Waals surface area contributed by atoms with Gasteiger partial charge in [0, 0.05) is 42.6 Å². The molecule has 2 aromatic heterocycles. The lowest BCUT2D eigenvalue weighted by Crippen LogP contribution is -2.36. The predicted molar refractivity (Wildman–Crippen MR) is 129 cm³/mol. The van der Waals surface area contributed by atoms with Gasteiger partial charge < -0.3 is 4.90 Å². The molecule has 0 spiro atoms. The van der Waals surface area contributed by atoms with Crippen LogP contribution < -0.4 is 0 Å². The number of carbonyl (C=O) groups is 2. The predicted octanol–water partition coefficient (Wildman–Crippen LogP) is 5.22. The molecule has 1 saturated heterocycles. The number of Topliss-reactive ketones (excluding diaryl/α,β-unsaturated/α-hetero) is 1. The summed E-state index contributed by atoms with van der Waals surface area (Å²) in [6.07, 6.45) is 4.21. The summed E-state index contributed by atoms with van der Waals surface area (Å²) >= 11 is 0. The number of aryl methyl sites for hydroxylation is 1. The van der Waals surface area contributed by atoms with E-state index in [-0.39, 0.29) is 18.6 Å². The first-order valence-corrected chi connectivity index (χ1v) is 11.3. The minimum Gasteiger partial charge on any atom is -0.320 e. The lowest BCUT2D eigenvalue weighted by atomic mass is 9.97. The zero-order valence-electron chi connectivity index (χ0n) is 19.5. The van der Waals surface area contributed by atoms with E-state index in [0.29, 0.717) is 16.5 Å². The van der Waals surface area contributed by atoms with Gasteiger partial charge in [0.15, 0.2) is 5.78 Å². The molecular formula is C27H24F2N4O2. The number of nitriles is 1. The minimum absolute atomic E-state index is 0.148. The van der Waals surface area contributed by atoms with E-state index in [2.05, 4.69) is 9.97 Å². The number of hydrogen-bond donors (Lipinski definition) is 0. The Morgan fingerprint density at radius 2 is 2.00 bits per heavy atom. The smallest absolute Gasteiger partial charge is 0.268 e. The summed E-state index contributed by atoms with van der Waals surface area (Å²) in [5, 5.41) is 9.76. The fraction of sp³-hybridized carbons (Fsp3) is 0.296. The van der Waals surface area contributed by atoms with Crippen molar-refractivity contribution in [1.29, 1.82) is 5.26 Å². The summed E-state index contributed by atoms with van der Waals surface area (Å²) in [4.78, 5) is 35.1. The topological polar surface area (TPSA) is 87.0 Å². The van der Waals surface area contributed by atoms with Gasteiger partial charge in [-0.3, -0.25) is 19.6 Å². The molecule has 4 rings (SSSR count). The number of halogens is 2. The molecule has 1 aliphatic heterocycles. The Labute approximate surface area is 201 Å². The van der Waals surface area contributed by atoms with Crippen molar-refractivity contribution in [2.24, 2.45) is 0 Å². The van der Waals surface area contributed by atoms with Crippen molar-refractivity contribution in [3.63, 3.8) is 0 Å². The fourth-order valence-electron chi connectivity index (χ4n) is 4.20. The van der Waals surface area contributed by atoms with Gasteiger partial charge in [0.05, 0.1) is 23.8 Å². The van der Waals surface area contributed by atoms with Gasteiger partial charge in [0.2, 0.25) is 5.91 Å². The van der Waals surface area contributed by atoms with E-state index in [1.54, 1.807) is 18.3 Å². The lowest BCUT2D eigenvalue weighted by Gasteiger charge is -2.18. The van der Waals surface area contributed by atoms with Crippen molar-refractivity contribution in [2.45, 2.75) is 45.1 Å². The third-order valence-corrected chi connectivity index (χ3v) is 6.10. The second kappa shape index (κ2) is 9.71. The molecule has 3 heterocycles. The Hall–Kier alpha value is -3.99. The highest BCUT2D eigenvalue weighted by Gasteiger charge is 2.47. The first-order chi connectivity index (χ1) is 16.7. The highest BCUT2D eigenvalue weighted by atomic mass is 19.3. The summed E-state index contributed by atoms with van der Waals surface area (Å²) in [5.74, 6) is -3.99. The zero-order valence-corrected chi connectivity index (χ0v) is 19.5. The number of hydrogen-bond acceptors (Lipinski definition) is 5. The van der Waals surface area contributed by atoms with Crippen LogP contribution in [-0.2, 0) is 4.79 Å². The largest absolute Gasteiger partial charge is 0.320 e. The second-order valence-corrected chi connectivity index (χ2v) is 8.83. The maximum atomic E-state index is 13.7. The summed E-state index contributed by atoms with van der Waals surface area (Å²) in [6.45, 7) is 3.13. The van der Waals surface area contributed by atoms with Crippen molar-refractivity contribution in [1.82, 2.24) is 14.9 Å². The summed E-state index contributed by atoms with van der Waals surface area (Å²) < 4.78 is 27.3. The standard InChI is InChI=1S/C27H24F2N4O2/c1-17-3-5-20(32-15-17)11-18(2)19-4-6-24-23(12-19)22(9-10-31-24)25(34)7-8-26(35)33-16-27(28,29)13-21(33)14-30/h3-6,9-12,15,21H,7-8,13,16H2,1-2H3/b18-11+/t21-/m0/s1. The molecule has 1 fully saturated rings. The van der Waals surface area contributed by atoms with Crippen LogP contribution in [0.15, 0.2) is 48.8 Å². The molecule has 1 atom stereocenters. The van der Waals surface area contributed by atoms with E-state index in [0.717, 1.165) is 27.3 Å². The van der Waals surface area contributed by atoms with Gasteiger partial charge in [-0.05, 0) is 60.9 Å². The number of amides is 1. The zero-order chi connectivity index (χ0) is 25.2. The Morgan fingerprint density at radius 3 is 2.71 bits per heavy atom. The average molecular weight is 475 g/mol. The summed E-state index contributed by atoms with van der Waals surface area (Å²) in [7, 11) is 0. The van der Waals surface area contributed by atoms with Crippen LogP contribution in [0.4, 0.5) is 8.78 Å². The number of carbonyl (C=O) groups excluding carboxylic acids is 2. The van der Waals surface area contributed by atoms with Crippen LogP contribution in [0.25, 0.3) is 22.6 Å². The van der Waals surface area contributed by atoms with Crippen LogP contribution in [0.5, 0.6) is 0 Å². The van der Waals surface area contributed by atoms with Crippen LogP contribution in [-0.4, -0.2) is 45.1 Å². The van der Waals surface area contributed by atoms with Gasteiger partial charge in [-0.25, -0.2) is 8.78 Å². The Kier molecular flexibility index (Phi) is 6.70. The van der Waals surface area contributed by atoms with Crippen LogP contribution in [0.2, 0.25) is 0 Å². The van der Waals surface area contributed by atoms with Gasteiger partial charge in [0.25, 0.3) is 5.92 Å². The number of alkyl halides is 2. The first kappa shape index (κ1) is 24.1. The maximum absolute atomic E-state index is 13.7. The number of nitrogens with zero attached hydrogens (tertiary/aromatic N) is 4. The number of pyridine rings is 2. The molecule has 1 aromatic carbocycles. The highest BCUT2D eigenvalue weighted by molar-refractivity contribution is 6.08. The Balaban J connectivity index is 1.54. The molecule has 6 nitrogen and oxygen atoms in total. The minimum atomic E-state index is -3.09. The van der Waals surface area contributed by atoms with Crippen LogP contribution in [0, 0.1) is 18.3 Å². The molecule has 0 saturated carbocycles. The highest BCUT2D eigenvalue weighted by Crippen LogP contribution is 2.32. The van der Waals surface area contributed by atoms with Gasteiger partial charge in [-0.15, -0.1) is 0 Å². The fourth-order valence-corrected chi connectivity index (χ4v) is 4.20. The summed E-state index contributed by atoms with van der Waals surface area (Å²) in [6, 6.07) is 11.7. The maximum Gasteiger partial charge on any atom is 0.268 e. The number of allylic oxidation sites excluding steroid dienone is 1. The SMILES string of the molecule is C/C(=C\c1ccc(C)cn1)c1ccc2nccc(C(=O)CCC(=O)N3CC(F)(F)C[C@H]3C#N)c2c1. The van der Waals surface area contributed by atoms with Gasteiger partial charge in [0.1, 0.15) is 6.04 Å². The molecule has 0 N–H and O–H groups in total. The van der Waals surface area contributed by atoms with E-state index in [9.17, 15) is 18.4 Å². The van der Waals surface area contributed by atoms with Crippen molar-refractivity contribution < 1.29 is 18.4 Å². The number of aromatic nitrogens is 2. The Morgan fingerprint density at radius 1 is 1.20 bits per heavy atom. The van der Waals surface area contributed by atoms with E-state index in [1.165, 1.54) is 6.20 Å². The van der Waals surface area contributed by atoms with E-state index < -0.39 is 30.8 Å². The summed E-state index contributed by atoms with van der Waals surface area (Å²) in [5.41, 5.74) is 4.79. The molecular weight excluding hydrogens is 450 g/mol. The number of ketones is 1. The van der Waals surface area contributed by atoms with Gasteiger partial charge >= 0.3 is 0 Å². The van der Waals surface area contributed by atoms with E-state index in [4.69, 9.17) is 5.26 Å². The number of rotatable bonds is 6. The van der Waals surface area contributed by atoms with E-state index >= 15 is 0 Å². The van der Waals surface area contributed by atoms with Gasteiger partial charge in [-0.2, -0.15) is 5.26 Å². The normalized spacial score (nSPS) is 17.4. The molecule has 0 unspecified atom stereocenters. The quantitative estimate of drug-likeness (QED) is 0.457. The number of likely N-dealkylation sites (tertiary alicyclic amines) is 1. The lowest BCUT2D eigenvalue weighted by molar-refractivity contribution is -0.132. The average Bonchev–Trinajstić information content (AvgIpc) is 3.17. The molecule has 0 aliphatic carbocycles. The first-order valence-electron chi connectivity index (χ1n) is 11.3. The molecule has 0 radical (unpaired) electrons. The van der Waals surface area contributed by atoms with Gasteiger partial charge in [-0.1, -0.05) is 12.1 Å². The second-order valence-electron chi connectivity index (χ2n) is 8.83. The van der Waals surface area contributed by atoms with Crippen molar-refractivity contribution in [3.05, 3.63) is 71.2 Å². The molecule has 8 heteroatoms. The number of benzene rings is 1. The van der Waals surface area contributed by atoms with Crippen molar-refractivity contribution in [2.75, 3.05) is 6.54 Å². The molecule has 178 valence electrons. The molecule has 1 aliphatic rings. The molecule has 1 amide bonds. The van der Waals surface area contributed by atoms with Crippen molar-refractivity contribution in [3.8, 4) is 6.07 Å². The van der Waals surface area contributed by atoms with Crippen LogP contribution in [0.1, 0.15) is 53.4 Å².